The quantitative estimate of drug-likeness (QED) is 0.333. The Morgan fingerprint density at radius 1 is 1.17 bits per heavy atom. The molecule has 30 heavy (non-hydrogen) atoms. The first-order valence-electron chi connectivity index (χ1n) is 9.27. The average molecular weight is 423 g/mol. The molecule has 0 spiro atoms. The molecule has 0 radical (unpaired) electrons. The van der Waals surface area contributed by atoms with Crippen LogP contribution >= 0.6 is 11.3 Å². The van der Waals surface area contributed by atoms with Crippen LogP contribution < -0.4 is 5.43 Å². The van der Waals surface area contributed by atoms with Gasteiger partial charge in [-0.05, 0) is 30.2 Å². The molecule has 0 fully saturated rings. The summed E-state index contributed by atoms with van der Waals surface area (Å²) in [7, 11) is 1.36. The van der Waals surface area contributed by atoms with E-state index < -0.39 is 0 Å². The van der Waals surface area contributed by atoms with Gasteiger partial charge in [0.2, 0.25) is 5.13 Å². The van der Waals surface area contributed by atoms with Crippen LogP contribution in [0.4, 0.5) is 5.13 Å². The lowest BCUT2D eigenvalue weighted by atomic mass is 9.99. The number of nitrogens with one attached hydrogen (secondary N) is 1. The summed E-state index contributed by atoms with van der Waals surface area (Å²) >= 11 is 1.36. The van der Waals surface area contributed by atoms with Gasteiger partial charge in [-0.1, -0.05) is 36.4 Å². The number of ether oxygens (including phenoxy) is 2. The second-order valence-corrected chi connectivity index (χ2v) is 7.01. The number of hydrazone groups is 1. The van der Waals surface area contributed by atoms with E-state index in [9.17, 15) is 9.59 Å². The monoisotopic (exact) mass is 423 g/mol. The van der Waals surface area contributed by atoms with Crippen LogP contribution in [0.3, 0.4) is 0 Å². The summed E-state index contributed by atoms with van der Waals surface area (Å²) in [6.45, 7) is 2.12. The van der Waals surface area contributed by atoms with E-state index in [1.54, 1.807) is 30.7 Å². The number of benzene rings is 2. The molecule has 0 aliphatic carbocycles. The van der Waals surface area contributed by atoms with Crippen molar-refractivity contribution in [3.05, 3.63) is 70.7 Å². The van der Waals surface area contributed by atoms with Gasteiger partial charge in [0, 0.05) is 10.9 Å². The highest BCUT2D eigenvalue weighted by Gasteiger charge is 2.09. The van der Waals surface area contributed by atoms with Crippen LogP contribution in [0.2, 0.25) is 0 Å². The van der Waals surface area contributed by atoms with Crippen LogP contribution in [0.5, 0.6) is 0 Å². The Morgan fingerprint density at radius 2 is 1.93 bits per heavy atom. The summed E-state index contributed by atoms with van der Waals surface area (Å²) in [6.07, 6.45) is 1.84. The Kier molecular flexibility index (Phi) is 7.29. The van der Waals surface area contributed by atoms with E-state index in [0.717, 1.165) is 16.7 Å². The summed E-state index contributed by atoms with van der Waals surface area (Å²) in [5.41, 5.74) is 6.86. The molecule has 0 saturated heterocycles. The minimum Gasteiger partial charge on any atom is -0.466 e. The van der Waals surface area contributed by atoms with Crippen LogP contribution in [-0.2, 0) is 20.7 Å². The molecule has 1 heterocycles. The highest BCUT2D eigenvalue weighted by atomic mass is 32.1. The predicted octanol–water partition coefficient (Wildman–Crippen LogP) is 4.15. The Labute approximate surface area is 178 Å². The molecule has 1 aromatic heterocycles. The molecule has 1 N–H and O–H groups in total. The fraction of sp³-hybridized carbons (Fsp3) is 0.182. The fourth-order valence-corrected chi connectivity index (χ4v) is 3.39. The summed E-state index contributed by atoms with van der Waals surface area (Å²) in [4.78, 5) is 27.5. The van der Waals surface area contributed by atoms with E-state index in [1.807, 2.05) is 36.4 Å². The minimum absolute atomic E-state index is 0.139. The zero-order chi connectivity index (χ0) is 21.3. The molecule has 0 aliphatic heterocycles. The van der Waals surface area contributed by atoms with Gasteiger partial charge in [0.05, 0.1) is 37.6 Å². The highest BCUT2D eigenvalue weighted by molar-refractivity contribution is 7.13. The Bertz CT molecular complexity index is 1040. The molecule has 0 unspecified atom stereocenters. The zero-order valence-corrected chi connectivity index (χ0v) is 17.4. The molecular weight excluding hydrogens is 402 g/mol. The third kappa shape index (κ3) is 5.51. The van der Waals surface area contributed by atoms with Gasteiger partial charge >= 0.3 is 11.9 Å². The van der Waals surface area contributed by atoms with E-state index in [-0.39, 0.29) is 18.4 Å². The smallest absolute Gasteiger partial charge is 0.337 e. The van der Waals surface area contributed by atoms with Crippen LogP contribution in [0.25, 0.3) is 11.1 Å². The maximum Gasteiger partial charge on any atom is 0.337 e. The van der Waals surface area contributed by atoms with Crippen molar-refractivity contribution in [1.82, 2.24) is 4.98 Å². The van der Waals surface area contributed by atoms with E-state index in [4.69, 9.17) is 9.47 Å². The SMILES string of the molecule is CCOC(=O)Cc1csc(NN=Cc2ccccc2-c2ccc(C(=O)OC)cc2)n1. The van der Waals surface area contributed by atoms with E-state index in [2.05, 4.69) is 15.5 Å². The predicted molar refractivity (Wildman–Crippen MR) is 117 cm³/mol. The van der Waals surface area contributed by atoms with Crippen molar-refractivity contribution in [3.8, 4) is 11.1 Å². The second-order valence-electron chi connectivity index (χ2n) is 6.15. The normalized spacial score (nSPS) is 10.7. The number of nitrogens with zero attached hydrogens (tertiary/aromatic N) is 2. The molecular formula is C22H21N3O4S. The van der Waals surface area contributed by atoms with Crippen molar-refractivity contribution in [1.29, 1.82) is 0 Å². The van der Waals surface area contributed by atoms with Gasteiger partial charge in [-0.25, -0.2) is 9.78 Å². The maximum absolute atomic E-state index is 11.6. The molecule has 0 saturated carbocycles. The number of carbonyl (C=O) groups excluding carboxylic acids is 2. The van der Waals surface area contributed by atoms with Crippen molar-refractivity contribution < 1.29 is 19.1 Å². The van der Waals surface area contributed by atoms with Crippen molar-refractivity contribution in [2.24, 2.45) is 5.10 Å². The summed E-state index contributed by atoms with van der Waals surface area (Å²) in [5, 5.41) is 6.65. The van der Waals surface area contributed by atoms with E-state index in [1.165, 1.54) is 18.4 Å². The topological polar surface area (TPSA) is 89.9 Å². The molecule has 0 aliphatic rings. The molecule has 0 atom stereocenters. The first-order valence-corrected chi connectivity index (χ1v) is 10.2. The number of methoxy groups -OCH3 is 1. The number of hydrogen-bond acceptors (Lipinski definition) is 8. The number of thiazole rings is 1. The second kappa shape index (κ2) is 10.3. The molecule has 0 amide bonds. The molecule has 0 bridgehead atoms. The number of esters is 2. The van der Waals surface area contributed by atoms with Crippen molar-refractivity contribution in [2.45, 2.75) is 13.3 Å². The lowest BCUT2D eigenvalue weighted by Crippen LogP contribution is -2.07. The first kappa shape index (κ1) is 21.2. The number of aromatic nitrogens is 1. The molecule has 2 aromatic carbocycles. The summed E-state index contributed by atoms with van der Waals surface area (Å²) in [5.74, 6) is -0.670. The largest absolute Gasteiger partial charge is 0.466 e. The number of carbonyl (C=O) groups is 2. The Hall–Kier alpha value is -3.52. The van der Waals surface area contributed by atoms with Gasteiger partial charge in [-0.2, -0.15) is 5.10 Å². The summed E-state index contributed by atoms with van der Waals surface area (Å²) in [6, 6.07) is 15.0. The maximum atomic E-state index is 11.6. The lowest BCUT2D eigenvalue weighted by molar-refractivity contribution is -0.142. The number of anilines is 1. The van der Waals surface area contributed by atoms with Gasteiger partial charge < -0.3 is 9.47 Å². The highest BCUT2D eigenvalue weighted by Crippen LogP contribution is 2.23. The summed E-state index contributed by atoms with van der Waals surface area (Å²) < 4.78 is 9.66. The Balaban J connectivity index is 1.69. The molecule has 8 heteroatoms. The Morgan fingerprint density at radius 3 is 2.67 bits per heavy atom. The van der Waals surface area contributed by atoms with Crippen LogP contribution in [-0.4, -0.2) is 36.9 Å². The van der Waals surface area contributed by atoms with Crippen molar-refractivity contribution in [2.75, 3.05) is 19.1 Å². The number of hydrogen-bond donors (Lipinski definition) is 1. The van der Waals surface area contributed by atoms with Gasteiger partial charge in [0.1, 0.15) is 0 Å². The van der Waals surface area contributed by atoms with Crippen LogP contribution in [0.1, 0.15) is 28.5 Å². The third-order valence-corrected chi connectivity index (χ3v) is 4.92. The van der Waals surface area contributed by atoms with Crippen LogP contribution in [0.15, 0.2) is 59.0 Å². The fourth-order valence-electron chi connectivity index (χ4n) is 2.73. The first-order chi connectivity index (χ1) is 14.6. The zero-order valence-electron chi connectivity index (χ0n) is 16.6. The molecule has 3 rings (SSSR count). The number of rotatable bonds is 8. The van der Waals surface area contributed by atoms with Gasteiger partial charge in [-0.3, -0.25) is 10.2 Å². The van der Waals surface area contributed by atoms with Gasteiger partial charge in [0.15, 0.2) is 0 Å². The van der Waals surface area contributed by atoms with Gasteiger partial charge in [0.25, 0.3) is 0 Å². The minimum atomic E-state index is -0.369. The molecule has 7 nitrogen and oxygen atoms in total. The molecule has 154 valence electrons. The van der Waals surface area contributed by atoms with Crippen molar-refractivity contribution in [3.63, 3.8) is 0 Å². The van der Waals surface area contributed by atoms with E-state index in [0.29, 0.717) is 23.0 Å². The lowest BCUT2D eigenvalue weighted by Gasteiger charge is -2.07. The van der Waals surface area contributed by atoms with E-state index >= 15 is 0 Å². The molecule has 3 aromatic rings. The van der Waals surface area contributed by atoms with Crippen LogP contribution in [0, 0.1) is 0 Å². The average Bonchev–Trinajstić information content (AvgIpc) is 3.21. The van der Waals surface area contributed by atoms with Gasteiger partial charge in [-0.15, -0.1) is 11.3 Å². The van der Waals surface area contributed by atoms with Crippen molar-refractivity contribution >= 4 is 34.6 Å². The third-order valence-electron chi connectivity index (χ3n) is 4.12. The standard InChI is InChI=1S/C22H21N3O4S/c1-3-29-20(26)12-18-14-30-22(24-18)25-23-13-17-6-4-5-7-19(17)15-8-10-16(11-9-15)21(27)28-2/h4-11,13-14H,3,12H2,1-2H3,(H,24,25).